The molecule has 0 aromatic heterocycles. The van der Waals surface area contributed by atoms with Crippen LogP contribution in [0.2, 0.25) is 0 Å². The Balaban J connectivity index is 0.00000264. The van der Waals surface area contributed by atoms with E-state index in [0.29, 0.717) is 13.1 Å². The monoisotopic (exact) mass is 339 g/mol. The summed E-state index contributed by atoms with van der Waals surface area (Å²) in [6, 6.07) is 9.87. The molecule has 5 nitrogen and oxygen atoms in total. The van der Waals surface area contributed by atoms with E-state index in [2.05, 4.69) is 10.6 Å². The molecule has 1 aromatic carbocycles. The van der Waals surface area contributed by atoms with E-state index < -0.39 is 0 Å². The number of hydrogen-bond acceptors (Lipinski definition) is 3. The van der Waals surface area contributed by atoms with Crippen LogP contribution in [-0.2, 0) is 16.1 Å². The van der Waals surface area contributed by atoms with Gasteiger partial charge >= 0.3 is 0 Å². The third kappa shape index (κ3) is 7.48. The predicted molar refractivity (Wildman–Crippen MR) is 93.4 cm³/mol. The summed E-state index contributed by atoms with van der Waals surface area (Å²) in [7, 11) is 0. The molecule has 6 heteroatoms. The second kappa shape index (κ2) is 10.2. The summed E-state index contributed by atoms with van der Waals surface area (Å²) in [6.07, 6.45) is 2.52. The summed E-state index contributed by atoms with van der Waals surface area (Å²) in [4.78, 5) is 25.6. The maximum atomic E-state index is 12.2. The first-order valence-corrected chi connectivity index (χ1v) is 7.98. The Morgan fingerprint density at radius 3 is 2.48 bits per heavy atom. The number of rotatable bonds is 9. The van der Waals surface area contributed by atoms with Gasteiger partial charge in [-0.2, -0.15) is 0 Å². The second-order valence-corrected chi connectivity index (χ2v) is 5.74. The van der Waals surface area contributed by atoms with Gasteiger partial charge in [-0.1, -0.05) is 30.3 Å². The summed E-state index contributed by atoms with van der Waals surface area (Å²) < 4.78 is 0. The molecule has 0 bridgehead atoms. The van der Waals surface area contributed by atoms with Crippen LogP contribution < -0.4 is 10.6 Å². The Bertz CT molecular complexity index is 492. The summed E-state index contributed by atoms with van der Waals surface area (Å²) in [5.41, 5.74) is 1.09. The van der Waals surface area contributed by atoms with Gasteiger partial charge in [-0.05, 0) is 37.8 Å². The third-order valence-electron chi connectivity index (χ3n) is 3.80. The van der Waals surface area contributed by atoms with Crippen molar-refractivity contribution >= 4 is 24.2 Å². The molecule has 1 aromatic rings. The molecule has 1 saturated carbocycles. The lowest BCUT2D eigenvalue weighted by Gasteiger charge is -2.21. The summed E-state index contributed by atoms with van der Waals surface area (Å²) in [5, 5.41) is 5.80. The van der Waals surface area contributed by atoms with E-state index in [4.69, 9.17) is 0 Å². The van der Waals surface area contributed by atoms with Crippen molar-refractivity contribution in [3.05, 3.63) is 35.9 Å². The van der Waals surface area contributed by atoms with Crippen LogP contribution in [0.3, 0.4) is 0 Å². The van der Waals surface area contributed by atoms with Gasteiger partial charge in [0.2, 0.25) is 11.8 Å². The quantitative estimate of drug-likeness (QED) is 0.718. The highest BCUT2D eigenvalue weighted by Gasteiger charge is 2.20. The van der Waals surface area contributed by atoms with Crippen molar-refractivity contribution in [3.63, 3.8) is 0 Å². The first-order valence-electron chi connectivity index (χ1n) is 7.98. The van der Waals surface area contributed by atoms with Crippen LogP contribution >= 0.6 is 12.4 Å². The smallest absolute Gasteiger partial charge is 0.242 e. The predicted octanol–water partition coefficient (Wildman–Crippen LogP) is 1.57. The number of carbonyl (C=O) groups excluding carboxylic acids is 2. The van der Waals surface area contributed by atoms with Crippen molar-refractivity contribution in [2.75, 3.05) is 26.2 Å². The van der Waals surface area contributed by atoms with Crippen molar-refractivity contribution in [2.45, 2.75) is 26.3 Å². The molecule has 2 rings (SSSR count). The number of amides is 2. The van der Waals surface area contributed by atoms with Gasteiger partial charge in [-0.25, -0.2) is 0 Å². The largest absolute Gasteiger partial charge is 0.346 e. The number of nitrogens with zero attached hydrogens (tertiary/aromatic N) is 1. The van der Waals surface area contributed by atoms with Crippen molar-refractivity contribution in [1.29, 1.82) is 0 Å². The molecule has 2 N–H and O–H groups in total. The molecule has 1 fully saturated rings. The number of halogens is 1. The maximum Gasteiger partial charge on any atom is 0.242 e. The van der Waals surface area contributed by atoms with E-state index in [1.54, 1.807) is 4.90 Å². The first kappa shape index (κ1) is 19.5. The average molecular weight is 340 g/mol. The van der Waals surface area contributed by atoms with Gasteiger partial charge in [0.05, 0.1) is 13.1 Å². The van der Waals surface area contributed by atoms with Gasteiger partial charge in [0.25, 0.3) is 0 Å². The van der Waals surface area contributed by atoms with E-state index in [1.165, 1.54) is 12.8 Å². The van der Waals surface area contributed by atoms with Crippen LogP contribution in [0, 0.1) is 5.92 Å². The topological polar surface area (TPSA) is 61.4 Å². The Hall–Kier alpha value is -1.59. The van der Waals surface area contributed by atoms with Crippen LogP contribution in [0.1, 0.15) is 25.3 Å². The molecule has 128 valence electrons. The Kier molecular flexibility index (Phi) is 8.66. The highest BCUT2D eigenvalue weighted by atomic mass is 35.5. The van der Waals surface area contributed by atoms with E-state index in [9.17, 15) is 9.59 Å². The molecule has 0 spiro atoms. The fraction of sp³-hybridized carbons (Fsp3) is 0.529. The Labute approximate surface area is 144 Å². The molecule has 0 aliphatic heterocycles. The number of likely N-dealkylation sites (N-methyl/N-ethyl adjacent to an activating group) is 1. The Morgan fingerprint density at radius 1 is 1.17 bits per heavy atom. The maximum absolute atomic E-state index is 12.2. The molecule has 0 atom stereocenters. The minimum absolute atomic E-state index is 0. The van der Waals surface area contributed by atoms with Gasteiger partial charge in [-0.15, -0.1) is 12.4 Å². The molecule has 0 unspecified atom stereocenters. The zero-order chi connectivity index (χ0) is 15.8. The lowest BCUT2D eigenvalue weighted by atomic mass is 10.2. The molecule has 0 saturated heterocycles. The molecule has 23 heavy (non-hydrogen) atoms. The van der Waals surface area contributed by atoms with Gasteiger partial charge in [-0.3, -0.25) is 9.59 Å². The standard InChI is InChI=1S/C17H25N3O2.ClH/c1-2-20(13-15-6-4-3-5-7-15)17(22)12-19-16(21)11-18-10-14-8-9-14;/h3-7,14,18H,2,8-13H2,1H3,(H,19,21);1H. The first-order chi connectivity index (χ1) is 10.7. The number of carbonyl (C=O) groups is 2. The van der Waals surface area contributed by atoms with E-state index >= 15 is 0 Å². The summed E-state index contributed by atoms with van der Waals surface area (Å²) >= 11 is 0. The van der Waals surface area contributed by atoms with E-state index in [-0.39, 0.29) is 37.3 Å². The van der Waals surface area contributed by atoms with Gasteiger partial charge in [0.1, 0.15) is 0 Å². The fourth-order valence-electron chi connectivity index (χ4n) is 2.24. The molecule has 2 amide bonds. The van der Waals surface area contributed by atoms with E-state index in [1.807, 2.05) is 37.3 Å². The molecular weight excluding hydrogens is 314 g/mol. The van der Waals surface area contributed by atoms with E-state index in [0.717, 1.165) is 18.0 Å². The lowest BCUT2D eigenvalue weighted by molar-refractivity contribution is -0.133. The SMILES string of the molecule is CCN(Cc1ccccc1)C(=O)CNC(=O)CNCC1CC1.Cl. The molecular formula is C17H26ClN3O2. The third-order valence-corrected chi connectivity index (χ3v) is 3.80. The molecule has 1 aliphatic carbocycles. The minimum atomic E-state index is -0.121. The van der Waals surface area contributed by atoms with Crippen LogP contribution in [0.15, 0.2) is 30.3 Å². The normalized spacial score (nSPS) is 13.1. The molecule has 1 aliphatic rings. The van der Waals surface area contributed by atoms with Crippen LogP contribution in [-0.4, -0.2) is 42.9 Å². The Morgan fingerprint density at radius 2 is 1.87 bits per heavy atom. The molecule has 0 radical (unpaired) electrons. The van der Waals surface area contributed by atoms with Crippen molar-refractivity contribution < 1.29 is 9.59 Å². The summed E-state index contributed by atoms with van der Waals surface area (Å²) in [6.45, 7) is 4.39. The highest BCUT2D eigenvalue weighted by molar-refractivity contribution is 5.85. The number of benzene rings is 1. The van der Waals surface area contributed by atoms with Crippen LogP contribution in [0.25, 0.3) is 0 Å². The minimum Gasteiger partial charge on any atom is -0.346 e. The van der Waals surface area contributed by atoms with Gasteiger partial charge in [0.15, 0.2) is 0 Å². The van der Waals surface area contributed by atoms with Crippen LogP contribution in [0.5, 0.6) is 0 Å². The van der Waals surface area contributed by atoms with Gasteiger partial charge < -0.3 is 15.5 Å². The van der Waals surface area contributed by atoms with Crippen molar-refractivity contribution in [3.8, 4) is 0 Å². The summed E-state index contributed by atoms with van der Waals surface area (Å²) in [5.74, 6) is 0.572. The number of nitrogens with one attached hydrogen (secondary N) is 2. The lowest BCUT2D eigenvalue weighted by Crippen LogP contribution is -2.42. The zero-order valence-corrected chi connectivity index (χ0v) is 14.4. The number of hydrogen-bond donors (Lipinski definition) is 2. The average Bonchev–Trinajstić information content (AvgIpc) is 3.35. The van der Waals surface area contributed by atoms with Crippen LogP contribution in [0.4, 0.5) is 0 Å². The van der Waals surface area contributed by atoms with Crippen molar-refractivity contribution in [1.82, 2.24) is 15.5 Å². The fourth-order valence-corrected chi connectivity index (χ4v) is 2.24. The highest BCUT2D eigenvalue weighted by Crippen LogP contribution is 2.27. The molecule has 0 heterocycles. The second-order valence-electron chi connectivity index (χ2n) is 5.74. The van der Waals surface area contributed by atoms with Gasteiger partial charge in [0, 0.05) is 13.1 Å². The zero-order valence-electron chi connectivity index (χ0n) is 13.6. The van der Waals surface area contributed by atoms with Crippen molar-refractivity contribution in [2.24, 2.45) is 5.92 Å².